The second-order valence-electron chi connectivity index (χ2n) is 5.78. The molecule has 0 radical (unpaired) electrons. The monoisotopic (exact) mass is 398 g/mol. The topological polar surface area (TPSA) is 107 Å². The Morgan fingerprint density at radius 1 is 1.29 bits per heavy atom. The number of pyridine rings is 1. The number of halogens is 1. The molecule has 3 aromatic rings. The molecule has 1 aromatic heterocycles. The molecule has 0 aliphatic rings. The molecule has 0 saturated heterocycles. The van der Waals surface area contributed by atoms with Crippen LogP contribution in [0.15, 0.2) is 59.7 Å². The zero-order valence-electron chi connectivity index (χ0n) is 14.7. The summed E-state index contributed by atoms with van der Waals surface area (Å²) in [5, 5.41) is 16.0. The quantitative estimate of drug-likeness (QED) is 0.295. The summed E-state index contributed by atoms with van der Waals surface area (Å²) in [6.07, 6.45) is 0.376. The molecule has 9 heteroatoms. The van der Waals surface area contributed by atoms with E-state index in [-0.39, 0.29) is 16.6 Å². The van der Waals surface area contributed by atoms with E-state index in [4.69, 9.17) is 16.3 Å². The first kappa shape index (κ1) is 19.2. The molecule has 0 bridgehead atoms. The first-order valence-electron chi connectivity index (χ1n) is 8.24. The lowest BCUT2D eigenvalue weighted by molar-refractivity contribution is -0.386. The maximum Gasteiger partial charge on any atom is 0.310 e. The van der Waals surface area contributed by atoms with Gasteiger partial charge < -0.3 is 4.74 Å². The van der Waals surface area contributed by atoms with Crippen molar-refractivity contribution >= 4 is 40.3 Å². The van der Waals surface area contributed by atoms with Gasteiger partial charge in [0.1, 0.15) is 5.15 Å². The van der Waals surface area contributed by atoms with Crippen LogP contribution in [0.4, 0.5) is 5.69 Å². The molecule has 28 heavy (non-hydrogen) atoms. The Morgan fingerprint density at radius 2 is 2.00 bits per heavy atom. The summed E-state index contributed by atoms with van der Waals surface area (Å²) >= 11 is 6.13. The molecule has 1 atom stereocenters. The van der Waals surface area contributed by atoms with E-state index in [0.717, 1.165) is 10.9 Å². The number of nitro groups is 1. The van der Waals surface area contributed by atoms with E-state index < -0.39 is 16.9 Å². The molecular formula is C19H15ClN4O4. The fourth-order valence-corrected chi connectivity index (χ4v) is 2.60. The summed E-state index contributed by atoms with van der Waals surface area (Å²) in [5.74, 6) is -0.569. The lowest BCUT2D eigenvalue weighted by Crippen LogP contribution is -2.33. The largest absolute Gasteiger partial charge is 0.474 e. The number of benzene rings is 2. The van der Waals surface area contributed by atoms with Crippen LogP contribution in [0, 0.1) is 10.1 Å². The van der Waals surface area contributed by atoms with Crippen LogP contribution >= 0.6 is 11.6 Å². The number of nitro benzene ring substituents is 1. The first-order chi connectivity index (χ1) is 13.5. The lowest BCUT2D eigenvalue weighted by Gasteiger charge is -2.12. The maximum absolute atomic E-state index is 12.1. The SMILES string of the molecule is CC(Oc1ccccc1[N+](=O)[O-])C(=O)NN=Cc1cc2ccccc2nc1Cl. The van der Waals surface area contributed by atoms with Gasteiger partial charge in [0.15, 0.2) is 11.9 Å². The molecule has 142 valence electrons. The van der Waals surface area contributed by atoms with Gasteiger partial charge in [0.2, 0.25) is 0 Å². The third kappa shape index (κ3) is 4.41. The third-order valence-electron chi connectivity index (χ3n) is 3.82. The maximum atomic E-state index is 12.1. The predicted octanol–water partition coefficient (Wildman–Crippen LogP) is 3.71. The number of para-hydroxylation sites is 3. The molecule has 3 rings (SSSR count). The molecular weight excluding hydrogens is 384 g/mol. The Morgan fingerprint density at radius 3 is 2.79 bits per heavy atom. The van der Waals surface area contributed by atoms with E-state index >= 15 is 0 Å². The Hall–Kier alpha value is -3.52. The molecule has 1 unspecified atom stereocenters. The molecule has 1 N–H and O–H groups in total. The van der Waals surface area contributed by atoms with Gasteiger partial charge in [-0.3, -0.25) is 14.9 Å². The summed E-state index contributed by atoms with van der Waals surface area (Å²) in [4.78, 5) is 26.8. The summed E-state index contributed by atoms with van der Waals surface area (Å²) < 4.78 is 5.39. The van der Waals surface area contributed by atoms with Gasteiger partial charge in [-0.2, -0.15) is 5.10 Å². The molecule has 1 heterocycles. The number of ether oxygens (including phenoxy) is 1. The van der Waals surface area contributed by atoms with E-state index in [1.807, 2.05) is 24.3 Å². The van der Waals surface area contributed by atoms with Crippen molar-refractivity contribution in [3.8, 4) is 5.75 Å². The number of fused-ring (bicyclic) bond motifs is 1. The summed E-state index contributed by atoms with van der Waals surface area (Å²) in [7, 11) is 0. The number of aromatic nitrogens is 1. The number of nitrogens with zero attached hydrogens (tertiary/aromatic N) is 3. The van der Waals surface area contributed by atoms with Crippen molar-refractivity contribution in [3.05, 3.63) is 75.4 Å². The number of carbonyl (C=O) groups excluding carboxylic acids is 1. The van der Waals surface area contributed by atoms with Gasteiger partial charge in [-0.15, -0.1) is 0 Å². The van der Waals surface area contributed by atoms with Crippen LogP contribution in [-0.2, 0) is 4.79 Å². The van der Waals surface area contributed by atoms with Crippen molar-refractivity contribution in [1.29, 1.82) is 0 Å². The minimum atomic E-state index is -0.997. The van der Waals surface area contributed by atoms with Crippen molar-refractivity contribution in [3.63, 3.8) is 0 Å². The first-order valence-corrected chi connectivity index (χ1v) is 8.62. The van der Waals surface area contributed by atoms with Gasteiger partial charge in [-0.1, -0.05) is 41.9 Å². The van der Waals surface area contributed by atoms with Crippen LogP contribution in [0.1, 0.15) is 12.5 Å². The normalized spacial score (nSPS) is 12.1. The average Bonchev–Trinajstić information content (AvgIpc) is 2.68. The van der Waals surface area contributed by atoms with Gasteiger partial charge in [0.05, 0.1) is 16.7 Å². The number of carbonyl (C=O) groups is 1. The highest BCUT2D eigenvalue weighted by Gasteiger charge is 2.20. The molecule has 0 spiro atoms. The second kappa shape index (κ2) is 8.45. The van der Waals surface area contributed by atoms with Crippen molar-refractivity contribution < 1.29 is 14.5 Å². The fourth-order valence-electron chi connectivity index (χ4n) is 2.41. The molecule has 8 nitrogen and oxygen atoms in total. The molecule has 1 amide bonds. The highest BCUT2D eigenvalue weighted by Crippen LogP contribution is 2.26. The van der Waals surface area contributed by atoms with Crippen molar-refractivity contribution in [1.82, 2.24) is 10.4 Å². The lowest BCUT2D eigenvalue weighted by atomic mass is 10.2. The van der Waals surface area contributed by atoms with E-state index in [9.17, 15) is 14.9 Å². The molecule has 2 aromatic carbocycles. The summed E-state index contributed by atoms with van der Waals surface area (Å²) in [6.45, 7) is 1.46. The number of hydrogen-bond donors (Lipinski definition) is 1. The Bertz CT molecular complexity index is 1070. The van der Waals surface area contributed by atoms with Gasteiger partial charge in [-0.05, 0) is 25.1 Å². The van der Waals surface area contributed by atoms with Crippen LogP contribution in [0.2, 0.25) is 5.15 Å². The number of hydrogen-bond acceptors (Lipinski definition) is 6. The minimum Gasteiger partial charge on any atom is -0.474 e. The van der Waals surface area contributed by atoms with Crippen LogP contribution in [0.5, 0.6) is 5.75 Å². The van der Waals surface area contributed by atoms with Gasteiger partial charge in [0, 0.05) is 17.0 Å². The zero-order chi connectivity index (χ0) is 20.1. The third-order valence-corrected chi connectivity index (χ3v) is 4.12. The number of hydrazone groups is 1. The summed E-state index contributed by atoms with van der Waals surface area (Å²) in [5.41, 5.74) is 3.39. The van der Waals surface area contributed by atoms with Crippen LogP contribution < -0.4 is 10.2 Å². The average molecular weight is 399 g/mol. The van der Waals surface area contributed by atoms with Gasteiger partial charge in [0.25, 0.3) is 5.91 Å². The Balaban J connectivity index is 1.67. The molecule has 0 saturated carbocycles. The van der Waals surface area contributed by atoms with E-state index in [1.165, 1.54) is 31.3 Å². The van der Waals surface area contributed by atoms with E-state index in [0.29, 0.717) is 5.56 Å². The van der Waals surface area contributed by atoms with Gasteiger partial charge in [-0.25, -0.2) is 10.4 Å². The van der Waals surface area contributed by atoms with Crippen LogP contribution in [0.3, 0.4) is 0 Å². The number of amides is 1. The number of nitrogens with one attached hydrogen (secondary N) is 1. The molecule has 0 fully saturated rings. The Labute approximate surface area is 164 Å². The van der Waals surface area contributed by atoms with Gasteiger partial charge >= 0.3 is 5.69 Å². The highest BCUT2D eigenvalue weighted by molar-refractivity contribution is 6.32. The van der Waals surface area contributed by atoms with Crippen molar-refractivity contribution in [2.45, 2.75) is 13.0 Å². The van der Waals surface area contributed by atoms with Crippen LogP contribution in [-0.4, -0.2) is 28.1 Å². The van der Waals surface area contributed by atoms with Crippen LogP contribution in [0.25, 0.3) is 10.9 Å². The smallest absolute Gasteiger partial charge is 0.310 e. The van der Waals surface area contributed by atoms with Crippen molar-refractivity contribution in [2.75, 3.05) is 0 Å². The standard InChI is InChI=1S/C19H15ClN4O4/c1-12(28-17-9-5-4-8-16(17)24(26)27)19(25)23-21-11-14-10-13-6-2-3-7-15(13)22-18(14)20/h2-12H,1H3,(H,23,25). The second-order valence-corrected chi connectivity index (χ2v) is 6.14. The fraction of sp³-hybridized carbons (Fsp3) is 0.105. The predicted molar refractivity (Wildman–Crippen MR) is 106 cm³/mol. The Kier molecular flexibility index (Phi) is 5.81. The summed E-state index contributed by atoms with van der Waals surface area (Å²) in [6, 6.07) is 15.1. The van der Waals surface area contributed by atoms with Crippen molar-refractivity contribution in [2.24, 2.45) is 5.10 Å². The zero-order valence-corrected chi connectivity index (χ0v) is 15.5. The van der Waals surface area contributed by atoms with E-state index in [1.54, 1.807) is 12.1 Å². The minimum absolute atomic E-state index is 0.000836. The van der Waals surface area contributed by atoms with E-state index in [2.05, 4.69) is 15.5 Å². The molecule has 0 aliphatic carbocycles. The number of rotatable bonds is 6. The highest BCUT2D eigenvalue weighted by atomic mass is 35.5. The molecule has 0 aliphatic heterocycles.